The molecule has 0 aliphatic rings. The van der Waals surface area contributed by atoms with E-state index in [0.29, 0.717) is 6.61 Å². The van der Waals surface area contributed by atoms with Crippen LogP contribution in [0, 0.1) is 20.8 Å². The number of fused-ring (bicyclic) bond motifs is 1. The minimum atomic E-state index is 0.0215. The Morgan fingerprint density at radius 3 is 2.71 bits per heavy atom. The van der Waals surface area contributed by atoms with Gasteiger partial charge in [-0.1, -0.05) is 6.07 Å². The monoisotopic (exact) mass is 231 g/mol. The highest BCUT2D eigenvalue weighted by Crippen LogP contribution is 2.28. The van der Waals surface area contributed by atoms with Crippen LogP contribution >= 0.6 is 0 Å². The van der Waals surface area contributed by atoms with E-state index in [-0.39, 0.29) is 6.61 Å². The van der Waals surface area contributed by atoms with Crippen molar-refractivity contribution in [2.45, 2.75) is 20.8 Å². The molecule has 0 saturated carbocycles. The van der Waals surface area contributed by atoms with Gasteiger partial charge in [-0.05, 0) is 38.0 Å². The summed E-state index contributed by atoms with van der Waals surface area (Å²) in [5.41, 5.74) is 4.32. The number of ether oxygens (including phenoxy) is 1. The van der Waals surface area contributed by atoms with Crippen molar-refractivity contribution >= 4 is 10.9 Å². The minimum Gasteiger partial charge on any atom is -0.490 e. The molecule has 1 N–H and O–H groups in total. The Kier molecular flexibility index (Phi) is 3.29. The molecule has 0 aliphatic heterocycles. The van der Waals surface area contributed by atoms with E-state index in [0.717, 1.165) is 22.3 Å². The largest absolute Gasteiger partial charge is 0.490 e. The smallest absolute Gasteiger partial charge is 0.130 e. The van der Waals surface area contributed by atoms with Gasteiger partial charge in [0.15, 0.2) is 0 Å². The number of pyridine rings is 1. The van der Waals surface area contributed by atoms with Crippen molar-refractivity contribution in [1.82, 2.24) is 4.98 Å². The van der Waals surface area contributed by atoms with Gasteiger partial charge in [0, 0.05) is 17.1 Å². The summed E-state index contributed by atoms with van der Waals surface area (Å²) in [6.45, 7) is 6.43. The van der Waals surface area contributed by atoms with Crippen molar-refractivity contribution in [2.75, 3.05) is 13.2 Å². The van der Waals surface area contributed by atoms with E-state index < -0.39 is 0 Å². The maximum absolute atomic E-state index is 8.83. The van der Waals surface area contributed by atoms with Crippen molar-refractivity contribution in [3.8, 4) is 5.75 Å². The molecule has 0 spiro atoms. The van der Waals surface area contributed by atoms with Crippen molar-refractivity contribution < 1.29 is 9.84 Å². The molecule has 1 aromatic carbocycles. The Hall–Kier alpha value is -1.61. The quantitative estimate of drug-likeness (QED) is 0.882. The summed E-state index contributed by atoms with van der Waals surface area (Å²) in [5, 5.41) is 9.83. The Bertz CT molecular complexity index is 549. The summed E-state index contributed by atoms with van der Waals surface area (Å²) in [4.78, 5) is 4.56. The molecule has 3 heteroatoms. The van der Waals surface area contributed by atoms with E-state index in [1.807, 2.05) is 19.1 Å². The molecule has 0 aliphatic carbocycles. The Balaban J connectivity index is 2.64. The maximum atomic E-state index is 8.83. The fraction of sp³-hybridized carbons (Fsp3) is 0.357. The predicted octanol–water partition coefficient (Wildman–Crippen LogP) is 2.53. The fourth-order valence-corrected chi connectivity index (χ4v) is 1.90. The lowest BCUT2D eigenvalue weighted by Gasteiger charge is -2.11. The standard InChI is InChI=1S/C14H17NO2/c1-9-4-5-12-13(17-7-6-16)8-10(2)15-14(12)11(9)3/h4-5,8,16H,6-7H2,1-3H3. The number of aromatic nitrogens is 1. The lowest BCUT2D eigenvalue weighted by Crippen LogP contribution is -2.03. The van der Waals surface area contributed by atoms with Crippen LogP contribution in [-0.4, -0.2) is 23.3 Å². The highest BCUT2D eigenvalue weighted by molar-refractivity contribution is 5.88. The molecule has 90 valence electrons. The van der Waals surface area contributed by atoms with Gasteiger partial charge in [-0.2, -0.15) is 0 Å². The summed E-state index contributed by atoms with van der Waals surface area (Å²) in [6.07, 6.45) is 0. The number of aliphatic hydroxyl groups is 1. The molecule has 0 bridgehead atoms. The van der Waals surface area contributed by atoms with Gasteiger partial charge < -0.3 is 9.84 Å². The molecule has 0 atom stereocenters. The predicted molar refractivity (Wildman–Crippen MR) is 68.5 cm³/mol. The zero-order valence-corrected chi connectivity index (χ0v) is 10.4. The van der Waals surface area contributed by atoms with Crippen LogP contribution in [-0.2, 0) is 0 Å². The highest BCUT2D eigenvalue weighted by atomic mass is 16.5. The first kappa shape index (κ1) is 11.9. The van der Waals surface area contributed by atoms with Crippen LogP contribution in [0.4, 0.5) is 0 Å². The second-order valence-corrected chi connectivity index (χ2v) is 4.24. The van der Waals surface area contributed by atoms with Crippen LogP contribution in [0.2, 0.25) is 0 Å². The molecule has 0 fully saturated rings. The van der Waals surface area contributed by atoms with Crippen LogP contribution in [0.3, 0.4) is 0 Å². The van der Waals surface area contributed by atoms with Crippen molar-refractivity contribution in [2.24, 2.45) is 0 Å². The third kappa shape index (κ3) is 2.24. The number of hydrogen-bond donors (Lipinski definition) is 1. The SMILES string of the molecule is Cc1cc(OCCO)c2ccc(C)c(C)c2n1. The summed E-state index contributed by atoms with van der Waals surface area (Å²) >= 11 is 0. The van der Waals surface area contributed by atoms with Gasteiger partial charge in [0.2, 0.25) is 0 Å². The summed E-state index contributed by atoms with van der Waals surface area (Å²) in [6, 6.07) is 6.00. The fourth-order valence-electron chi connectivity index (χ4n) is 1.90. The van der Waals surface area contributed by atoms with Crippen LogP contribution in [0.15, 0.2) is 18.2 Å². The second kappa shape index (κ2) is 4.72. The highest BCUT2D eigenvalue weighted by Gasteiger charge is 2.08. The maximum Gasteiger partial charge on any atom is 0.130 e. The molecule has 0 saturated heterocycles. The zero-order chi connectivity index (χ0) is 12.4. The van der Waals surface area contributed by atoms with Crippen LogP contribution < -0.4 is 4.74 Å². The second-order valence-electron chi connectivity index (χ2n) is 4.24. The third-order valence-electron chi connectivity index (χ3n) is 2.94. The molecular formula is C14H17NO2. The molecule has 17 heavy (non-hydrogen) atoms. The summed E-state index contributed by atoms with van der Waals surface area (Å²) < 4.78 is 5.55. The zero-order valence-electron chi connectivity index (χ0n) is 10.4. The number of aryl methyl sites for hydroxylation is 3. The Morgan fingerprint density at radius 2 is 2.00 bits per heavy atom. The molecule has 2 aromatic rings. The van der Waals surface area contributed by atoms with Crippen LogP contribution in [0.25, 0.3) is 10.9 Å². The molecular weight excluding hydrogens is 214 g/mol. The van der Waals surface area contributed by atoms with Gasteiger partial charge in [-0.25, -0.2) is 0 Å². The first-order valence-electron chi connectivity index (χ1n) is 5.74. The normalized spacial score (nSPS) is 10.8. The lowest BCUT2D eigenvalue weighted by atomic mass is 10.0. The van der Waals surface area contributed by atoms with E-state index in [4.69, 9.17) is 9.84 Å². The van der Waals surface area contributed by atoms with Gasteiger partial charge in [0.25, 0.3) is 0 Å². The average molecular weight is 231 g/mol. The molecule has 3 nitrogen and oxygen atoms in total. The van der Waals surface area contributed by atoms with Gasteiger partial charge >= 0.3 is 0 Å². The average Bonchev–Trinajstić information content (AvgIpc) is 2.31. The van der Waals surface area contributed by atoms with Crippen molar-refractivity contribution in [3.63, 3.8) is 0 Å². The van der Waals surface area contributed by atoms with Crippen LogP contribution in [0.5, 0.6) is 5.75 Å². The number of rotatable bonds is 3. The van der Waals surface area contributed by atoms with E-state index in [2.05, 4.69) is 24.9 Å². The lowest BCUT2D eigenvalue weighted by molar-refractivity contribution is 0.202. The molecule has 1 heterocycles. The third-order valence-corrected chi connectivity index (χ3v) is 2.94. The number of nitrogens with zero attached hydrogens (tertiary/aromatic N) is 1. The Labute approximate surface area is 101 Å². The van der Waals surface area contributed by atoms with E-state index in [9.17, 15) is 0 Å². The number of benzene rings is 1. The Morgan fingerprint density at radius 1 is 1.24 bits per heavy atom. The number of aliphatic hydroxyl groups excluding tert-OH is 1. The van der Waals surface area contributed by atoms with E-state index >= 15 is 0 Å². The number of hydrogen-bond acceptors (Lipinski definition) is 3. The molecule has 0 unspecified atom stereocenters. The van der Waals surface area contributed by atoms with Crippen molar-refractivity contribution in [3.05, 3.63) is 35.0 Å². The van der Waals surface area contributed by atoms with Gasteiger partial charge in [0.05, 0.1) is 12.1 Å². The minimum absolute atomic E-state index is 0.0215. The first-order valence-corrected chi connectivity index (χ1v) is 5.74. The molecule has 2 rings (SSSR count). The summed E-state index contributed by atoms with van der Waals surface area (Å²) in [7, 11) is 0. The van der Waals surface area contributed by atoms with Crippen LogP contribution in [0.1, 0.15) is 16.8 Å². The topological polar surface area (TPSA) is 42.4 Å². The molecule has 0 radical (unpaired) electrons. The summed E-state index contributed by atoms with van der Waals surface area (Å²) in [5.74, 6) is 0.796. The van der Waals surface area contributed by atoms with Gasteiger partial charge in [-0.3, -0.25) is 4.98 Å². The van der Waals surface area contributed by atoms with Crippen molar-refractivity contribution in [1.29, 1.82) is 0 Å². The molecule has 1 aromatic heterocycles. The first-order chi connectivity index (χ1) is 8.13. The van der Waals surface area contributed by atoms with Gasteiger partial charge in [0.1, 0.15) is 12.4 Å². The van der Waals surface area contributed by atoms with E-state index in [1.54, 1.807) is 0 Å². The van der Waals surface area contributed by atoms with Gasteiger partial charge in [-0.15, -0.1) is 0 Å². The molecule has 0 amide bonds. The van der Waals surface area contributed by atoms with E-state index in [1.165, 1.54) is 11.1 Å².